The van der Waals surface area contributed by atoms with Crippen molar-refractivity contribution in [2.24, 2.45) is 5.73 Å². The highest BCUT2D eigenvalue weighted by molar-refractivity contribution is 5.85. The van der Waals surface area contributed by atoms with E-state index in [0.717, 1.165) is 13.1 Å². The second-order valence-corrected chi connectivity index (χ2v) is 4.25. The van der Waals surface area contributed by atoms with E-state index in [1.807, 2.05) is 0 Å². The van der Waals surface area contributed by atoms with E-state index in [1.165, 1.54) is 23.2 Å². The highest BCUT2D eigenvalue weighted by Gasteiger charge is 2.20. The van der Waals surface area contributed by atoms with Crippen LogP contribution >= 0.6 is 12.4 Å². The molecule has 0 aromatic heterocycles. The lowest BCUT2D eigenvalue weighted by Crippen LogP contribution is -2.34. The van der Waals surface area contributed by atoms with Gasteiger partial charge in [-0.3, -0.25) is 0 Å². The molecule has 1 atom stereocenters. The average molecular weight is 227 g/mol. The highest BCUT2D eigenvalue weighted by atomic mass is 35.5. The molecule has 2 nitrogen and oxygen atoms in total. The summed E-state index contributed by atoms with van der Waals surface area (Å²) in [7, 11) is 0. The molecule has 1 unspecified atom stereocenters. The normalized spacial score (nSPS) is 15.8. The van der Waals surface area contributed by atoms with E-state index in [4.69, 9.17) is 5.73 Å². The molecule has 0 radical (unpaired) electrons. The highest BCUT2D eigenvalue weighted by Crippen LogP contribution is 2.29. The molecule has 2 rings (SSSR count). The summed E-state index contributed by atoms with van der Waals surface area (Å²) in [4.78, 5) is 2.40. The van der Waals surface area contributed by atoms with Crippen molar-refractivity contribution in [2.75, 3.05) is 18.0 Å². The number of hydrogen-bond donors (Lipinski definition) is 1. The van der Waals surface area contributed by atoms with Gasteiger partial charge in [-0.15, -0.1) is 12.4 Å². The Labute approximate surface area is 97.9 Å². The van der Waals surface area contributed by atoms with Crippen molar-refractivity contribution in [3.63, 3.8) is 0 Å². The molecule has 1 aromatic carbocycles. The van der Waals surface area contributed by atoms with Gasteiger partial charge in [-0.05, 0) is 37.5 Å². The van der Waals surface area contributed by atoms with Crippen molar-refractivity contribution in [1.82, 2.24) is 0 Å². The van der Waals surface area contributed by atoms with E-state index in [0.29, 0.717) is 0 Å². The molecule has 15 heavy (non-hydrogen) atoms. The van der Waals surface area contributed by atoms with Crippen LogP contribution in [0.15, 0.2) is 18.2 Å². The Morgan fingerprint density at radius 2 is 2.20 bits per heavy atom. The predicted octanol–water partition coefficient (Wildman–Crippen LogP) is 2.13. The van der Waals surface area contributed by atoms with E-state index < -0.39 is 0 Å². The van der Waals surface area contributed by atoms with Gasteiger partial charge in [-0.25, -0.2) is 0 Å². The Kier molecular flexibility index (Phi) is 4.00. The lowest BCUT2D eigenvalue weighted by Gasteiger charge is -2.21. The molecule has 0 amide bonds. The van der Waals surface area contributed by atoms with Crippen molar-refractivity contribution in [2.45, 2.75) is 26.3 Å². The van der Waals surface area contributed by atoms with Crippen molar-refractivity contribution in [3.05, 3.63) is 29.3 Å². The van der Waals surface area contributed by atoms with E-state index in [9.17, 15) is 0 Å². The van der Waals surface area contributed by atoms with Gasteiger partial charge in [0.15, 0.2) is 0 Å². The number of nitrogens with zero attached hydrogens (tertiary/aromatic N) is 1. The Hall–Kier alpha value is -0.730. The number of aryl methyl sites for hydroxylation is 1. The zero-order valence-corrected chi connectivity index (χ0v) is 10.2. The Bertz CT molecular complexity index is 336. The van der Waals surface area contributed by atoms with Gasteiger partial charge in [0.2, 0.25) is 0 Å². The van der Waals surface area contributed by atoms with Gasteiger partial charge in [-0.1, -0.05) is 12.1 Å². The minimum absolute atomic E-state index is 0. The molecule has 1 aromatic rings. The second-order valence-electron chi connectivity index (χ2n) is 4.25. The number of nitrogens with two attached hydrogens (primary N) is 1. The zero-order chi connectivity index (χ0) is 10.1. The van der Waals surface area contributed by atoms with Crippen LogP contribution < -0.4 is 10.6 Å². The molecule has 0 bridgehead atoms. The maximum atomic E-state index is 5.83. The summed E-state index contributed by atoms with van der Waals surface area (Å²) < 4.78 is 0. The summed E-state index contributed by atoms with van der Waals surface area (Å²) >= 11 is 0. The Morgan fingerprint density at radius 3 is 2.87 bits per heavy atom. The van der Waals surface area contributed by atoms with Crippen LogP contribution in [0.2, 0.25) is 0 Å². The lowest BCUT2D eigenvalue weighted by atomic mass is 10.1. The monoisotopic (exact) mass is 226 g/mol. The van der Waals surface area contributed by atoms with Crippen molar-refractivity contribution in [1.29, 1.82) is 0 Å². The SMILES string of the molecule is Cc1cccc2c1CCN2CC(C)N.Cl. The smallest absolute Gasteiger partial charge is 0.0402 e. The van der Waals surface area contributed by atoms with E-state index >= 15 is 0 Å². The zero-order valence-electron chi connectivity index (χ0n) is 9.36. The quantitative estimate of drug-likeness (QED) is 0.837. The van der Waals surface area contributed by atoms with Gasteiger partial charge in [0.25, 0.3) is 0 Å². The molecule has 1 aliphatic rings. The number of anilines is 1. The molecule has 1 aliphatic heterocycles. The molecule has 1 heterocycles. The van der Waals surface area contributed by atoms with Crippen LogP contribution in [0.1, 0.15) is 18.1 Å². The number of halogens is 1. The fourth-order valence-corrected chi connectivity index (χ4v) is 2.21. The van der Waals surface area contributed by atoms with Gasteiger partial charge < -0.3 is 10.6 Å². The molecule has 0 saturated carbocycles. The first-order chi connectivity index (χ1) is 6.68. The Balaban J connectivity index is 0.00000112. The third-order valence-corrected chi connectivity index (χ3v) is 2.87. The Morgan fingerprint density at radius 1 is 1.47 bits per heavy atom. The fourth-order valence-electron chi connectivity index (χ4n) is 2.21. The van der Waals surface area contributed by atoms with Crippen LogP contribution in [0.5, 0.6) is 0 Å². The third kappa shape index (κ3) is 2.44. The molecule has 84 valence electrons. The molecule has 0 fully saturated rings. The molecular formula is C12H19ClN2. The average Bonchev–Trinajstić information content (AvgIpc) is 2.49. The third-order valence-electron chi connectivity index (χ3n) is 2.87. The van der Waals surface area contributed by atoms with Crippen LogP contribution in [0.25, 0.3) is 0 Å². The molecule has 3 heteroatoms. The topological polar surface area (TPSA) is 29.3 Å². The van der Waals surface area contributed by atoms with Gasteiger partial charge in [0, 0.05) is 24.8 Å². The van der Waals surface area contributed by atoms with Gasteiger partial charge in [0.05, 0.1) is 0 Å². The summed E-state index contributed by atoms with van der Waals surface area (Å²) in [6, 6.07) is 6.78. The van der Waals surface area contributed by atoms with Crippen LogP contribution in [-0.2, 0) is 6.42 Å². The molecule has 0 spiro atoms. The fraction of sp³-hybridized carbons (Fsp3) is 0.500. The van der Waals surface area contributed by atoms with Crippen LogP contribution in [0.3, 0.4) is 0 Å². The minimum Gasteiger partial charge on any atom is -0.369 e. The largest absolute Gasteiger partial charge is 0.369 e. The van der Waals surface area contributed by atoms with Gasteiger partial charge >= 0.3 is 0 Å². The molecule has 2 N–H and O–H groups in total. The molecule has 0 saturated heterocycles. The first-order valence-electron chi connectivity index (χ1n) is 5.27. The van der Waals surface area contributed by atoms with Crippen molar-refractivity contribution >= 4 is 18.1 Å². The van der Waals surface area contributed by atoms with E-state index in [-0.39, 0.29) is 18.4 Å². The van der Waals surface area contributed by atoms with Crippen LogP contribution in [0.4, 0.5) is 5.69 Å². The van der Waals surface area contributed by atoms with Crippen molar-refractivity contribution in [3.8, 4) is 0 Å². The van der Waals surface area contributed by atoms with Gasteiger partial charge in [-0.2, -0.15) is 0 Å². The summed E-state index contributed by atoms with van der Waals surface area (Å²) in [6.07, 6.45) is 1.18. The maximum absolute atomic E-state index is 5.83. The summed E-state index contributed by atoms with van der Waals surface area (Å²) in [5.41, 5.74) is 10.1. The molecule has 0 aliphatic carbocycles. The van der Waals surface area contributed by atoms with Crippen molar-refractivity contribution < 1.29 is 0 Å². The van der Waals surface area contributed by atoms with Gasteiger partial charge in [0.1, 0.15) is 0 Å². The lowest BCUT2D eigenvalue weighted by molar-refractivity contribution is 0.693. The van der Waals surface area contributed by atoms with Crippen LogP contribution in [0, 0.1) is 6.92 Å². The van der Waals surface area contributed by atoms with E-state index in [2.05, 4.69) is 36.9 Å². The minimum atomic E-state index is 0. The number of hydrogen-bond acceptors (Lipinski definition) is 2. The number of benzene rings is 1. The summed E-state index contributed by atoms with van der Waals surface area (Å²) in [5.74, 6) is 0. The first-order valence-corrected chi connectivity index (χ1v) is 5.27. The number of fused-ring (bicyclic) bond motifs is 1. The van der Waals surface area contributed by atoms with E-state index in [1.54, 1.807) is 0 Å². The standard InChI is InChI=1S/C12H18N2.ClH/c1-9-4-3-5-12-11(9)6-7-14(12)8-10(2)13;/h3-5,10H,6-8,13H2,1-2H3;1H. The van der Waals surface area contributed by atoms with Crippen LogP contribution in [-0.4, -0.2) is 19.1 Å². The first kappa shape index (κ1) is 12.3. The maximum Gasteiger partial charge on any atom is 0.0402 e. The molecular weight excluding hydrogens is 208 g/mol. The summed E-state index contributed by atoms with van der Waals surface area (Å²) in [5, 5.41) is 0. The second kappa shape index (κ2) is 4.86. The predicted molar refractivity (Wildman–Crippen MR) is 68.0 cm³/mol. The summed E-state index contributed by atoms with van der Waals surface area (Å²) in [6.45, 7) is 6.35. The number of rotatable bonds is 2.